The summed E-state index contributed by atoms with van der Waals surface area (Å²) in [6.07, 6.45) is 2.56. The largest absolute Gasteiger partial charge is 0.495 e. The highest BCUT2D eigenvalue weighted by Crippen LogP contribution is 2.49. The number of ether oxygens (including phenoxy) is 1. The molecule has 4 heteroatoms. The second-order valence-corrected chi connectivity index (χ2v) is 5.12. The van der Waals surface area contributed by atoms with Crippen LogP contribution in [0.5, 0.6) is 5.75 Å². The van der Waals surface area contributed by atoms with E-state index in [1.807, 2.05) is 6.07 Å². The Morgan fingerprint density at radius 1 is 1.53 bits per heavy atom. The molecule has 2 rings (SSSR count). The summed E-state index contributed by atoms with van der Waals surface area (Å²) in [5.74, 6) is 0.623. The smallest absolute Gasteiger partial charge is 0.137 e. The van der Waals surface area contributed by atoms with Gasteiger partial charge in [0, 0.05) is 12.0 Å². The molecule has 1 aliphatic rings. The fraction of sp³-hybridized carbons (Fsp3) is 0.538. The summed E-state index contributed by atoms with van der Waals surface area (Å²) >= 11 is 6.06. The second-order valence-electron chi connectivity index (χ2n) is 4.72. The van der Waals surface area contributed by atoms with Crippen molar-refractivity contribution in [3.63, 3.8) is 0 Å². The minimum atomic E-state index is -0.537. The van der Waals surface area contributed by atoms with Gasteiger partial charge in [-0.1, -0.05) is 24.1 Å². The Morgan fingerprint density at radius 3 is 2.65 bits per heavy atom. The van der Waals surface area contributed by atoms with Gasteiger partial charge in [-0.2, -0.15) is 0 Å². The first-order valence-corrected chi connectivity index (χ1v) is 6.22. The fourth-order valence-corrected chi connectivity index (χ4v) is 2.69. The van der Waals surface area contributed by atoms with E-state index in [2.05, 4.69) is 0 Å². The first kappa shape index (κ1) is 12.7. The third-order valence-electron chi connectivity index (χ3n) is 3.83. The van der Waals surface area contributed by atoms with Crippen molar-refractivity contribution < 1.29 is 9.84 Å². The maximum absolute atomic E-state index is 10.4. The van der Waals surface area contributed by atoms with E-state index in [-0.39, 0.29) is 5.41 Å². The van der Waals surface area contributed by atoms with Crippen LogP contribution in [0.15, 0.2) is 18.2 Å². The zero-order valence-electron chi connectivity index (χ0n) is 9.95. The molecule has 0 aliphatic heterocycles. The van der Waals surface area contributed by atoms with Gasteiger partial charge in [-0.3, -0.25) is 0 Å². The Labute approximate surface area is 107 Å². The molecule has 0 saturated heterocycles. The number of aliphatic hydroxyl groups is 1. The van der Waals surface area contributed by atoms with Crippen LogP contribution in [0.25, 0.3) is 0 Å². The van der Waals surface area contributed by atoms with Crippen LogP contribution < -0.4 is 10.5 Å². The van der Waals surface area contributed by atoms with Crippen LogP contribution in [0.2, 0.25) is 5.02 Å². The molecule has 17 heavy (non-hydrogen) atoms. The molecule has 1 unspecified atom stereocenters. The van der Waals surface area contributed by atoms with Gasteiger partial charge < -0.3 is 15.6 Å². The SMILES string of the molecule is COc1ccc(C(O)C2(CN)CCC2)cc1Cl. The molecule has 1 aromatic rings. The molecule has 3 nitrogen and oxygen atoms in total. The van der Waals surface area contributed by atoms with Gasteiger partial charge >= 0.3 is 0 Å². The predicted molar refractivity (Wildman–Crippen MR) is 68.3 cm³/mol. The van der Waals surface area contributed by atoms with Gasteiger partial charge in [0.2, 0.25) is 0 Å². The summed E-state index contributed by atoms with van der Waals surface area (Å²) in [5, 5.41) is 10.9. The zero-order chi connectivity index (χ0) is 12.5. The lowest BCUT2D eigenvalue weighted by atomic mass is 9.63. The van der Waals surface area contributed by atoms with Crippen LogP contribution in [0, 0.1) is 5.41 Å². The molecule has 94 valence electrons. The Bertz CT molecular complexity index is 399. The second kappa shape index (κ2) is 4.84. The van der Waals surface area contributed by atoms with E-state index < -0.39 is 6.10 Å². The van der Waals surface area contributed by atoms with Crippen LogP contribution in [0.1, 0.15) is 30.9 Å². The number of benzene rings is 1. The van der Waals surface area contributed by atoms with E-state index in [4.69, 9.17) is 22.1 Å². The average Bonchev–Trinajstić information content (AvgIpc) is 2.28. The maximum Gasteiger partial charge on any atom is 0.137 e. The van der Waals surface area contributed by atoms with Crippen molar-refractivity contribution in [2.45, 2.75) is 25.4 Å². The topological polar surface area (TPSA) is 55.5 Å². The fourth-order valence-electron chi connectivity index (χ4n) is 2.43. The summed E-state index contributed by atoms with van der Waals surface area (Å²) < 4.78 is 5.09. The van der Waals surface area contributed by atoms with Crippen molar-refractivity contribution in [1.82, 2.24) is 0 Å². The molecule has 1 atom stereocenters. The average molecular weight is 256 g/mol. The number of halogens is 1. The summed E-state index contributed by atoms with van der Waals surface area (Å²) in [6, 6.07) is 5.40. The van der Waals surface area contributed by atoms with Crippen molar-refractivity contribution >= 4 is 11.6 Å². The lowest BCUT2D eigenvalue weighted by molar-refractivity contribution is -0.0297. The number of aliphatic hydroxyl groups excluding tert-OH is 1. The third kappa shape index (κ3) is 2.15. The molecule has 1 saturated carbocycles. The van der Waals surface area contributed by atoms with Crippen molar-refractivity contribution in [1.29, 1.82) is 0 Å². The molecule has 0 spiro atoms. The van der Waals surface area contributed by atoms with E-state index in [1.54, 1.807) is 19.2 Å². The molecule has 0 radical (unpaired) electrons. The number of methoxy groups -OCH3 is 1. The summed E-state index contributed by atoms with van der Waals surface area (Å²) in [6.45, 7) is 0.512. The number of hydrogen-bond donors (Lipinski definition) is 2. The van der Waals surface area contributed by atoms with Crippen LogP contribution >= 0.6 is 11.6 Å². The van der Waals surface area contributed by atoms with Gasteiger partial charge in [-0.05, 0) is 30.5 Å². The molecule has 0 bridgehead atoms. The summed E-state index contributed by atoms with van der Waals surface area (Å²) in [7, 11) is 1.57. The Hall–Kier alpha value is -0.770. The summed E-state index contributed by atoms with van der Waals surface area (Å²) in [4.78, 5) is 0. The first-order chi connectivity index (χ1) is 8.13. The normalized spacial score (nSPS) is 19.5. The Balaban J connectivity index is 2.25. The molecular formula is C13H18ClNO2. The highest BCUT2D eigenvalue weighted by molar-refractivity contribution is 6.32. The number of nitrogens with two attached hydrogens (primary N) is 1. The van der Waals surface area contributed by atoms with Crippen LogP contribution in [0.4, 0.5) is 0 Å². The lowest BCUT2D eigenvalue weighted by Gasteiger charge is -2.45. The maximum atomic E-state index is 10.4. The third-order valence-corrected chi connectivity index (χ3v) is 4.12. The van der Waals surface area contributed by atoms with Gasteiger partial charge in [0.1, 0.15) is 5.75 Å². The standard InChI is InChI=1S/C13H18ClNO2/c1-17-11-4-3-9(7-10(11)14)12(16)13(8-15)5-2-6-13/h3-4,7,12,16H,2,5-6,8,15H2,1H3. The van der Waals surface area contributed by atoms with Gasteiger partial charge in [-0.15, -0.1) is 0 Å². The quantitative estimate of drug-likeness (QED) is 0.869. The van der Waals surface area contributed by atoms with Gasteiger partial charge in [0.25, 0.3) is 0 Å². The van der Waals surface area contributed by atoms with Crippen molar-refractivity contribution in [2.24, 2.45) is 11.1 Å². The molecule has 1 fully saturated rings. The van der Waals surface area contributed by atoms with Crippen molar-refractivity contribution in [2.75, 3.05) is 13.7 Å². The van der Waals surface area contributed by atoms with E-state index in [9.17, 15) is 5.11 Å². The summed E-state index contributed by atoms with van der Waals surface area (Å²) in [5.41, 5.74) is 6.45. The van der Waals surface area contributed by atoms with Gasteiger partial charge in [-0.25, -0.2) is 0 Å². The van der Waals surface area contributed by atoms with Crippen LogP contribution in [0.3, 0.4) is 0 Å². The molecule has 0 amide bonds. The lowest BCUT2D eigenvalue weighted by Crippen LogP contribution is -2.42. The molecule has 1 aromatic carbocycles. The van der Waals surface area contributed by atoms with Crippen molar-refractivity contribution in [3.8, 4) is 5.75 Å². The van der Waals surface area contributed by atoms with Gasteiger partial charge in [0.15, 0.2) is 0 Å². The van der Waals surface area contributed by atoms with Crippen molar-refractivity contribution in [3.05, 3.63) is 28.8 Å². The predicted octanol–water partition coefficient (Wildman–Crippen LogP) is 2.51. The first-order valence-electron chi connectivity index (χ1n) is 5.84. The van der Waals surface area contributed by atoms with Crippen LogP contribution in [-0.4, -0.2) is 18.8 Å². The van der Waals surface area contributed by atoms with E-state index in [1.165, 1.54) is 0 Å². The molecule has 3 N–H and O–H groups in total. The molecule has 0 heterocycles. The van der Waals surface area contributed by atoms with E-state index in [0.717, 1.165) is 24.8 Å². The van der Waals surface area contributed by atoms with E-state index >= 15 is 0 Å². The Morgan fingerprint density at radius 2 is 2.24 bits per heavy atom. The molecule has 1 aliphatic carbocycles. The highest BCUT2D eigenvalue weighted by atomic mass is 35.5. The zero-order valence-corrected chi connectivity index (χ0v) is 10.7. The Kier molecular flexibility index (Phi) is 3.61. The number of hydrogen-bond acceptors (Lipinski definition) is 3. The molecular weight excluding hydrogens is 238 g/mol. The minimum Gasteiger partial charge on any atom is -0.495 e. The minimum absolute atomic E-state index is 0.155. The monoisotopic (exact) mass is 255 g/mol. The highest BCUT2D eigenvalue weighted by Gasteiger charge is 2.42. The van der Waals surface area contributed by atoms with Gasteiger partial charge in [0.05, 0.1) is 18.2 Å². The van der Waals surface area contributed by atoms with Crippen LogP contribution in [-0.2, 0) is 0 Å². The number of rotatable bonds is 4. The molecule has 0 aromatic heterocycles. The van der Waals surface area contributed by atoms with E-state index in [0.29, 0.717) is 17.3 Å².